The van der Waals surface area contributed by atoms with Crippen molar-refractivity contribution in [2.24, 2.45) is 5.92 Å². The smallest absolute Gasteiger partial charge is 0.244 e. The number of hydrogen-bond donors (Lipinski definition) is 3. The summed E-state index contributed by atoms with van der Waals surface area (Å²) < 4.78 is 0. The second-order valence-corrected chi connectivity index (χ2v) is 19.0. The fourth-order valence-corrected chi connectivity index (χ4v) is 10.6. The van der Waals surface area contributed by atoms with E-state index in [1.165, 1.54) is 11.1 Å². The Labute approximate surface area is 335 Å². The number of rotatable bonds is 8. The Morgan fingerprint density at radius 3 is 2.35 bits per heavy atom. The highest BCUT2D eigenvalue weighted by atomic mass is 16.2. The number of piperidine rings is 2. The van der Waals surface area contributed by atoms with Crippen LogP contribution in [-0.2, 0) is 11.2 Å². The number of nitrogens with one attached hydrogen (secondary N) is 3. The van der Waals surface area contributed by atoms with Gasteiger partial charge in [0.1, 0.15) is 53.1 Å². The largest absolute Gasteiger partial charge is 0.360 e. The first-order valence-corrected chi connectivity index (χ1v) is 20.6. The maximum absolute atomic E-state index is 15.7. The van der Waals surface area contributed by atoms with Gasteiger partial charge in [0.25, 0.3) is 0 Å². The summed E-state index contributed by atoms with van der Waals surface area (Å²) >= 11 is 0. The first kappa shape index (κ1) is 39.5. The van der Waals surface area contributed by atoms with Crippen molar-refractivity contribution in [2.45, 2.75) is 86.5 Å². The third-order valence-electron chi connectivity index (χ3n) is 14.7. The molecule has 0 aliphatic carbocycles. The summed E-state index contributed by atoms with van der Waals surface area (Å²) in [6, 6.07) is 12.7. The van der Waals surface area contributed by atoms with Crippen LogP contribution >= 0.6 is 0 Å². The molecule has 1 amide bonds. The number of anilines is 1. The molecule has 3 unspecified atom stereocenters. The van der Waals surface area contributed by atoms with E-state index in [-0.39, 0.29) is 16.7 Å². The van der Waals surface area contributed by atoms with Crippen LogP contribution in [-0.4, -0.2) is 150 Å². The van der Waals surface area contributed by atoms with E-state index in [0.717, 1.165) is 91.1 Å². The zero-order chi connectivity index (χ0) is 39.7. The number of amides is 1. The summed E-state index contributed by atoms with van der Waals surface area (Å²) in [5.74, 6) is 1.34. The van der Waals surface area contributed by atoms with Gasteiger partial charge < -0.3 is 30.2 Å². The third-order valence-corrected chi connectivity index (χ3v) is 14.7. The summed E-state index contributed by atoms with van der Waals surface area (Å²) in [6.07, 6.45) is 8.98. The lowest BCUT2D eigenvalue weighted by Crippen LogP contribution is -2.92. The second-order valence-electron chi connectivity index (χ2n) is 19.0. The van der Waals surface area contributed by atoms with Crippen LogP contribution in [0.25, 0.3) is 17.0 Å². The molecule has 284 valence electrons. The number of aryl methyl sites for hydroxylation is 1. The average molecular weight is 734 g/mol. The predicted octanol–water partition coefficient (Wildman–Crippen LogP) is -0.645. The number of para-hydroxylation sites is 1. The lowest BCUT2D eigenvalue weighted by molar-refractivity contribution is -0.157. The molecule has 55 heavy (non-hydrogen) atoms. The van der Waals surface area contributed by atoms with Crippen molar-refractivity contribution in [1.29, 1.82) is 0 Å². The number of carbonyl (C=O) groups excluding carboxylic acids is 1. The second kappa shape index (κ2) is 14.4. The Bertz CT molecular complexity index is 1980. The van der Waals surface area contributed by atoms with E-state index >= 15 is 4.79 Å². The Balaban J connectivity index is 1.17. The molecular formula is C40H60B6N8O. The minimum atomic E-state index is -0.518. The van der Waals surface area contributed by atoms with Crippen molar-refractivity contribution in [2.75, 3.05) is 38.5 Å². The fourth-order valence-electron chi connectivity index (χ4n) is 10.6. The molecule has 15 heteroatoms. The molecule has 3 atom stereocenters. The van der Waals surface area contributed by atoms with Gasteiger partial charge in [0, 0.05) is 53.2 Å². The normalized spacial score (nSPS) is 26.9. The summed E-state index contributed by atoms with van der Waals surface area (Å²) in [6.45, 7) is 19.7. The molecule has 3 saturated heterocycles. The van der Waals surface area contributed by atoms with Gasteiger partial charge in [-0.2, -0.15) is 5.10 Å². The highest BCUT2D eigenvalue weighted by molar-refractivity contribution is 6.56. The highest BCUT2D eigenvalue weighted by Gasteiger charge is 2.65. The van der Waals surface area contributed by atoms with E-state index in [0.29, 0.717) is 18.4 Å². The number of fused-ring (bicyclic) bond motifs is 2. The molecule has 5 heterocycles. The van der Waals surface area contributed by atoms with Crippen molar-refractivity contribution in [3.8, 4) is 0 Å². The van der Waals surface area contributed by atoms with Crippen LogP contribution in [0.15, 0.2) is 72.8 Å². The summed E-state index contributed by atoms with van der Waals surface area (Å²) in [5, 5.41) is 15.0. The number of piperazine rings is 1. The minimum Gasteiger partial charge on any atom is -0.360 e. The van der Waals surface area contributed by atoms with Crippen molar-refractivity contribution >= 4 is 75.7 Å². The molecule has 1 aromatic heterocycles. The van der Waals surface area contributed by atoms with Gasteiger partial charge in [-0.3, -0.25) is 9.89 Å². The Morgan fingerprint density at radius 1 is 0.982 bits per heavy atom. The fraction of sp³-hybridized carbons (Fsp3) is 0.500. The van der Waals surface area contributed by atoms with Crippen LogP contribution in [0, 0.1) is 12.8 Å². The van der Waals surface area contributed by atoms with Crippen molar-refractivity contribution in [1.82, 2.24) is 35.1 Å². The minimum absolute atomic E-state index is 0.119. The van der Waals surface area contributed by atoms with Crippen LogP contribution in [0.2, 0.25) is 0 Å². The third kappa shape index (κ3) is 6.81. The number of aromatic amines is 1. The summed E-state index contributed by atoms with van der Waals surface area (Å²) in [5.41, 5.74) is 7.11. The molecule has 7 rings (SSSR count). The first-order valence-electron chi connectivity index (χ1n) is 20.6. The quantitative estimate of drug-likeness (QED) is 0.266. The van der Waals surface area contributed by atoms with Gasteiger partial charge in [0.2, 0.25) is 5.91 Å². The molecular weight excluding hydrogens is 673 g/mol. The van der Waals surface area contributed by atoms with Crippen LogP contribution in [0.3, 0.4) is 0 Å². The number of aromatic nitrogens is 2. The molecule has 0 saturated carbocycles. The molecule has 2 aromatic carbocycles. The Kier molecular flexibility index (Phi) is 10.3. The van der Waals surface area contributed by atoms with Gasteiger partial charge >= 0.3 is 0 Å². The zero-order valence-electron chi connectivity index (χ0n) is 35.3. The molecule has 0 radical (unpaired) electrons. The average Bonchev–Trinajstić information content (AvgIpc) is 3.60. The van der Waals surface area contributed by atoms with Gasteiger partial charge in [0.15, 0.2) is 0 Å². The first-order chi connectivity index (χ1) is 25.8. The molecule has 3 N–H and O–H groups in total. The number of likely N-dealkylation sites (tertiary alicyclic amines) is 2. The number of nitrogens with zero attached hydrogens (tertiary/aromatic N) is 5. The van der Waals surface area contributed by atoms with Gasteiger partial charge in [-0.1, -0.05) is 44.3 Å². The molecule has 4 aliphatic heterocycles. The molecule has 3 fully saturated rings. The summed E-state index contributed by atoms with van der Waals surface area (Å²) in [4.78, 5) is 25.5. The Morgan fingerprint density at radius 2 is 1.65 bits per heavy atom. The van der Waals surface area contributed by atoms with Gasteiger partial charge in [-0.25, -0.2) is 0 Å². The lowest BCUT2D eigenvalue weighted by atomic mass is 9.31. The van der Waals surface area contributed by atoms with Crippen molar-refractivity contribution in [3.63, 3.8) is 0 Å². The molecule has 9 nitrogen and oxygen atoms in total. The van der Waals surface area contributed by atoms with Crippen LogP contribution in [0.4, 0.5) is 5.69 Å². The van der Waals surface area contributed by atoms with Crippen molar-refractivity contribution < 1.29 is 4.79 Å². The van der Waals surface area contributed by atoms with Crippen molar-refractivity contribution in [3.05, 3.63) is 89.5 Å². The molecule has 3 aromatic rings. The number of carbonyl (C=O) groups is 1. The number of benzene rings is 2. The predicted molar refractivity (Wildman–Crippen MR) is 245 cm³/mol. The zero-order valence-corrected chi connectivity index (χ0v) is 35.3. The van der Waals surface area contributed by atoms with Gasteiger partial charge in [-0.15, -0.1) is 0 Å². The van der Waals surface area contributed by atoms with Gasteiger partial charge in [0.05, 0.1) is 17.5 Å². The maximum Gasteiger partial charge on any atom is 0.244 e. The van der Waals surface area contributed by atoms with E-state index in [4.69, 9.17) is 0 Å². The van der Waals surface area contributed by atoms with E-state index in [1.54, 1.807) is 0 Å². The maximum atomic E-state index is 15.7. The summed E-state index contributed by atoms with van der Waals surface area (Å²) in [7, 11) is 16.2. The SMILES string of the molecule is BC1(B)N(C(=O)C(Cc2cc(C)c3[nH]ncc3c2)NC(=C)N2CCC(C3=Cc4ccccc4NC3=C)CC2)C(B)(C)C(B)(C)N(C2CCN(C)CC2)C1(B)B. The van der Waals surface area contributed by atoms with Crippen LogP contribution < -0.4 is 10.6 Å². The molecule has 4 aliphatic rings. The van der Waals surface area contributed by atoms with E-state index in [2.05, 4.69) is 171 Å². The Hall–Kier alpha value is -3.69. The van der Waals surface area contributed by atoms with E-state index in [1.807, 2.05) is 6.20 Å². The lowest BCUT2D eigenvalue weighted by Gasteiger charge is -2.75. The topological polar surface area (TPSA) is 82.8 Å². The molecule has 0 spiro atoms. The van der Waals surface area contributed by atoms with Crippen LogP contribution in [0.1, 0.15) is 56.2 Å². The van der Waals surface area contributed by atoms with Crippen LogP contribution in [0.5, 0.6) is 0 Å². The van der Waals surface area contributed by atoms with E-state index in [9.17, 15) is 0 Å². The number of hydrogen-bond acceptors (Lipinski definition) is 7. The highest BCUT2D eigenvalue weighted by Crippen LogP contribution is 2.48. The standard InChI is InChI=1S/C40H60B6N8O/c1-24-19-27(20-30-23-47-50-35(24)30)21-34(49-26(3)52-17-11-28(12-18-52)32-22-29-9-7-8-10-33(29)48-25(32)2)36(55)54-38(5,42)37(4,41)53(39(43,44)40(54,45)46)31-13-15-51(6)16-14-31/h7-10,19-20,22-23,28,31,34,48-49H,2-3,11-18,21,41-46H2,1,4-6H3,(H,47,50). The monoisotopic (exact) mass is 735 g/mol. The number of H-pyrrole nitrogens is 1. The van der Waals surface area contributed by atoms with E-state index < -0.39 is 16.8 Å². The molecule has 0 bridgehead atoms. The number of allylic oxidation sites excluding steroid dienone is 1. The van der Waals surface area contributed by atoms with Gasteiger partial charge in [-0.05, 0) is 117 Å².